The highest BCUT2D eigenvalue weighted by atomic mass is 15.5. The Morgan fingerprint density at radius 2 is 1.95 bits per heavy atom. The second kappa shape index (κ2) is 5.82. The fourth-order valence-corrected chi connectivity index (χ4v) is 2.27. The highest BCUT2D eigenvalue weighted by Gasteiger charge is 2.13. The third-order valence-corrected chi connectivity index (χ3v) is 3.48. The van der Waals surface area contributed by atoms with E-state index < -0.39 is 0 Å². The van der Waals surface area contributed by atoms with Crippen LogP contribution in [0.3, 0.4) is 0 Å². The van der Waals surface area contributed by atoms with E-state index in [-0.39, 0.29) is 0 Å². The molecule has 0 saturated heterocycles. The molecule has 0 bridgehead atoms. The maximum Gasteiger partial charge on any atom is 0.182 e. The van der Waals surface area contributed by atoms with Gasteiger partial charge in [0.2, 0.25) is 0 Å². The average Bonchev–Trinajstić information content (AvgIpc) is 2.82. The molecule has 0 amide bonds. The monoisotopic (exact) mass is 259 g/mol. The van der Waals surface area contributed by atoms with Crippen molar-refractivity contribution in [2.24, 2.45) is 5.92 Å². The highest BCUT2D eigenvalue weighted by Crippen LogP contribution is 2.22. The number of benzene rings is 1. The number of nitrogens with two attached hydrogens (primary N) is 1. The minimum absolute atomic E-state index is 0.601. The van der Waals surface area contributed by atoms with Gasteiger partial charge in [-0.05, 0) is 47.0 Å². The van der Waals surface area contributed by atoms with Gasteiger partial charge < -0.3 is 5.73 Å². The summed E-state index contributed by atoms with van der Waals surface area (Å²) in [5.41, 5.74) is 8.73. The smallest absolute Gasteiger partial charge is 0.182 e. The van der Waals surface area contributed by atoms with Crippen molar-refractivity contribution in [3.8, 4) is 11.4 Å². The van der Waals surface area contributed by atoms with E-state index in [2.05, 4.69) is 35.4 Å². The van der Waals surface area contributed by atoms with Crippen molar-refractivity contribution in [3.63, 3.8) is 0 Å². The average molecular weight is 259 g/mol. The van der Waals surface area contributed by atoms with Gasteiger partial charge in [0.15, 0.2) is 5.82 Å². The van der Waals surface area contributed by atoms with Crippen LogP contribution in [-0.2, 0) is 6.54 Å². The summed E-state index contributed by atoms with van der Waals surface area (Å²) in [5.74, 6) is 1.40. The predicted octanol–water partition coefficient (Wildman–Crippen LogP) is 2.67. The van der Waals surface area contributed by atoms with Gasteiger partial charge in [-0.3, -0.25) is 0 Å². The van der Waals surface area contributed by atoms with Crippen molar-refractivity contribution in [2.75, 3.05) is 5.73 Å². The van der Waals surface area contributed by atoms with Crippen molar-refractivity contribution in [3.05, 3.63) is 23.8 Å². The van der Waals surface area contributed by atoms with E-state index >= 15 is 0 Å². The largest absolute Gasteiger partial charge is 0.399 e. The van der Waals surface area contributed by atoms with Crippen molar-refractivity contribution >= 4 is 5.69 Å². The van der Waals surface area contributed by atoms with Crippen LogP contribution in [0.2, 0.25) is 0 Å². The molecule has 2 N–H and O–H groups in total. The lowest BCUT2D eigenvalue weighted by Crippen LogP contribution is -2.12. The molecule has 5 heteroatoms. The molecule has 102 valence electrons. The van der Waals surface area contributed by atoms with E-state index in [4.69, 9.17) is 5.73 Å². The first-order valence-corrected chi connectivity index (χ1v) is 6.77. The molecular weight excluding hydrogens is 238 g/mol. The molecule has 0 atom stereocenters. The van der Waals surface area contributed by atoms with Gasteiger partial charge in [0.1, 0.15) is 0 Å². The molecular formula is C14H21N5. The number of nitrogens with zero attached hydrogens (tertiary/aromatic N) is 4. The number of hydrogen-bond acceptors (Lipinski definition) is 4. The van der Waals surface area contributed by atoms with Crippen LogP contribution in [0, 0.1) is 12.8 Å². The first-order chi connectivity index (χ1) is 9.13. The van der Waals surface area contributed by atoms with E-state index in [1.165, 1.54) is 0 Å². The Morgan fingerprint density at radius 1 is 1.21 bits per heavy atom. The number of aryl methyl sites for hydroxylation is 1. The zero-order valence-electron chi connectivity index (χ0n) is 11.8. The Balaban J connectivity index is 2.33. The summed E-state index contributed by atoms with van der Waals surface area (Å²) >= 11 is 0. The van der Waals surface area contributed by atoms with Crippen LogP contribution in [0.4, 0.5) is 5.69 Å². The van der Waals surface area contributed by atoms with Crippen LogP contribution in [0.15, 0.2) is 18.2 Å². The van der Waals surface area contributed by atoms with E-state index in [1.807, 2.05) is 23.7 Å². The van der Waals surface area contributed by atoms with Crippen LogP contribution in [0.1, 0.15) is 32.3 Å². The van der Waals surface area contributed by atoms with Gasteiger partial charge in [-0.2, -0.15) is 0 Å². The maximum atomic E-state index is 5.89. The molecule has 2 rings (SSSR count). The summed E-state index contributed by atoms with van der Waals surface area (Å²) in [5, 5.41) is 12.0. The third-order valence-electron chi connectivity index (χ3n) is 3.48. The van der Waals surface area contributed by atoms with Crippen LogP contribution < -0.4 is 5.73 Å². The number of aromatic nitrogens is 4. The van der Waals surface area contributed by atoms with Crippen LogP contribution in [0.25, 0.3) is 11.4 Å². The van der Waals surface area contributed by atoms with Crippen molar-refractivity contribution in [2.45, 2.75) is 40.2 Å². The number of anilines is 1. The lowest BCUT2D eigenvalue weighted by atomic mass is 10.0. The van der Waals surface area contributed by atoms with Gasteiger partial charge in [0, 0.05) is 17.8 Å². The fourth-order valence-electron chi connectivity index (χ4n) is 2.27. The fraction of sp³-hybridized carbons (Fsp3) is 0.500. The first kappa shape index (κ1) is 13.5. The molecule has 0 saturated carbocycles. The zero-order valence-corrected chi connectivity index (χ0v) is 11.8. The van der Waals surface area contributed by atoms with E-state index in [0.717, 1.165) is 42.0 Å². The quantitative estimate of drug-likeness (QED) is 0.838. The lowest BCUT2D eigenvalue weighted by Gasteiger charge is -2.13. The summed E-state index contributed by atoms with van der Waals surface area (Å²) in [6.45, 7) is 7.27. The predicted molar refractivity (Wildman–Crippen MR) is 76.5 cm³/mol. The second-order valence-electron chi connectivity index (χ2n) is 5.00. The highest BCUT2D eigenvalue weighted by molar-refractivity contribution is 5.62. The number of tetrazole rings is 1. The van der Waals surface area contributed by atoms with Gasteiger partial charge in [-0.25, -0.2) is 4.68 Å². The molecule has 0 aliphatic carbocycles. The zero-order chi connectivity index (χ0) is 13.8. The molecule has 0 aliphatic heterocycles. The van der Waals surface area contributed by atoms with Crippen molar-refractivity contribution in [1.29, 1.82) is 0 Å². The number of nitrogen functional groups attached to an aromatic ring is 1. The summed E-state index contributed by atoms with van der Waals surface area (Å²) in [4.78, 5) is 0. The third kappa shape index (κ3) is 3.10. The molecule has 0 radical (unpaired) electrons. The summed E-state index contributed by atoms with van der Waals surface area (Å²) in [6, 6.07) is 5.92. The summed E-state index contributed by atoms with van der Waals surface area (Å²) < 4.78 is 1.88. The normalized spacial score (nSPS) is 11.2. The summed E-state index contributed by atoms with van der Waals surface area (Å²) in [7, 11) is 0. The molecule has 0 aliphatic rings. The standard InChI is InChI=1S/C14H21N5/c1-4-11(5-2)9-19-14(16-17-18-19)12-6-10(3)7-13(15)8-12/h6-8,11H,4-5,9,15H2,1-3H3. The van der Waals surface area contributed by atoms with E-state index in [1.54, 1.807) is 0 Å². The topological polar surface area (TPSA) is 69.6 Å². The van der Waals surface area contributed by atoms with Crippen molar-refractivity contribution in [1.82, 2.24) is 20.2 Å². The first-order valence-electron chi connectivity index (χ1n) is 6.77. The van der Waals surface area contributed by atoms with Crippen LogP contribution >= 0.6 is 0 Å². The van der Waals surface area contributed by atoms with Crippen molar-refractivity contribution < 1.29 is 0 Å². The van der Waals surface area contributed by atoms with Crippen LogP contribution in [-0.4, -0.2) is 20.2 Å². The van der Waals surface area contributed by atoms with Gasteiger partial charge in [-0.1, -0.05) is 26.7 Å². The Morgan fingerprint density at radius 3 is 2.58 bits per heavy atom. The molecule has 1 aromatic carbocycles. The van der Waals surface area contributed by atoms with E-state index in [9.17, 15) is 0 Å². The van der Waals surface area contributed by atoms with E-state index in [0.29, 0.717) is 5.92 Å². The Hall–Kier alpha value is -1.91. The molecule has 1 heterocycles. The SMILES string of the molecule is CCC(CC)Cn1nnnc1-c1cc(C)cc(N)c1. The molecule has 19 heavy (non-hydrogen) atoms. The van der Waals surface area contributed by atoms with Crippen LogP contribution in [0.5, 0.6) is 0 Å². The maximum absolute atomic E-state index is 5.89. The molecule has 0 unspecified atom stereocenters. The lowest BCUT2D eigenvalue weighted by molar-refractivity contribution is 0.392. The second-order valence-corrected chi connectivity index (χ2v) is 5.00. The molecule has 5 nitrogen and oxygen atoms in total. The minimum atomic E-state index is 0.601. The Bertz CT molecular complexity index is 522. The number of hydrogen-bond donors (Lipinski definition) is 1. The Labute approximate surface area is 113 Å². The molecule has 0 spiro atoms. The Kier molecular flexibility index (Phi) is 4.14. The van der Waals surface area contributed by atoms with Gasteiger partial charge in [0.05, 0.1) is 0 Å². The minimum Gasteiger partial charge on any atom is -0.399 e. The van der Waals surface area contributed by atoms with Gasteiger partial charge in [0.25, 0.3) is 0 Å². The van der Waals surface area contributed by atoms with Gasteiger partial charge in [-0.15, -0.1) is 5.10 Å². The molecule has 2 aromatic rings. The number of rotatable bonds is 5. The summed E-state index contributed by atoms with van der Waals surface area (Å²) in [6.07, 6.45) is 2.26. The molecule has 0 fully saturated rings. The molecule has 1 aromatic heterocycles. The van der Waals surface area contributed by atoms with Gasteiger partial charge >= 0.3 is 0 Å².